The van der Waals surface area contributed by atoms with Crippen LogP contribution < -0.4 is 5.73 Å². The van der Waals surface area contributed by atoms with Crippen molar-refractivity contribution in [3.63, 3.8) is 0 Å². The Bertz CT molecular complexity index is 98.5. The Labute approximate surface area is 68.5 Å². The van der Waals surface area contributed by atoms with Crippen LogP contribution in [-0.2, 0) is 0 Å². The summed E-state index contributed by atoms with van der Waals surface area (Å²) in [6, 6.07) is 0. The molecule has 0 aromatic carbocycles. The van der Waals surface area contributed by atoms with Crippen LogP contribution in [-0.4, -0.2) is 23.7 Å². The number of alkyl halides is 3. The van der Waals surface area contributed by atoms with Crippen LogP contribution in [0.25, 0.3) is 0 Å². The maximum Gasteiger partial charge on any atom is 0.400 e. The lowest BCUT2D eigenvalue weighted by Crippen LogP contribution is -2.28. The summed E-state index contributed by atoms with van der Waals surface area (Å²) in [6.07, 6.45) is -4.08. The van der Waals surface area contributed by atoms with Gasteiger partial charge in [0.2, 0.25) is 0 Å². The Balaban J connectivity index is 3.88. The second kappa shape index (κ2) is 4.87. The molecule has 11 heavy (non-hydrogen) atoms. The molecule has 0 radical (unpaired) electrons. The van der Waals surface area contributed by atoms with Gasteiger partial charge in [-0.1, -0.05) is 6.92 Å². The average Bonchev–Trinajstić information content (AvgIpc) is 1.85. The van der Waals surface area contributed by atoms with Crippen LogP contribution in [0.3, 0.4) is 0 Å². The number of hydrogen-bond donors (Lipinski definition) is 1. The monoisotopic (exact) mass is 187 g/mol. The maximum absolute atomic E-state index is 12.0. The molecule has 68 valence electrons. The first-order chi connectivity index (χ1) is 5.02. The molecule has 5 heteroatoms. The number of thioether (sulfide) groups is 1. The van der Waals surface area contributed by atoms with E-state index in [-0.39, 0.29) is 13.0 Å². The summed E-state index contributed by atoms with van der Waals surface area (Å²) in [4.78, 5) is 0. The minimum atomic E-state index is -4.10. The van der Waals surface area contributed by atoms with E-state index in [1.807, 2.05) is 0 Å². The van der Waals surface area contributed by atoms with Crippen LogP contribution in [0, 0.1) is 0 Å². The third-order valence-corrected chi connectivity index (χ3v) is 2.40. The minimum absolute atomic E-state index is 0.0159. The molecule has 0 aliphatic rings. The Kier molecular flexibility index (Phi) is 4.92. The Morgan fingerprint density at radius 2 is 2.00 bits per heavy atom. The predicted molar refractivity (Wildman–Crippen MR) is 41.6 cm³/mol. The lowest BCUT2D eigenvalue weighted by atomic mass is 10.3. The topological polar surface area (TPSA) is 26.0 Å². The molecule has 0 aromatic heterocycles. The van der Waals surface area contributed by atoms with E-state index in [4.69, 9.17) is 5.73 Å². The molecular formula is C6H12F3NS. The fourth-order valence-corrected chi connectivity index (χ4v) is 1.59. The highest BCUT2D eigenvalue weighted by Gasteiger charge is 2.38. The van der Waals surface area contributed by atoms with Crippen molar-refractivity contribution < 1.29 is 13.2 Å². The van der Waals surface area contributed by atoms with Gasteiger partial charge in [0, 0.05) is 0 Å². The zero-order valence-electron chi connectivity index (χ0n) is 6.32. The molecule has 1 nitrogen and oxygen atoms in total. The zero-order valence-corrected chi connectivity index (χ0v) is 7.13. The van der Waals surface area contributed by atoms with E-state index < -0.39 is 11.4 Å². The number of halogens is 3. The molecule has 0 aliphatic heterocycles. The number of rotatable bonds is 4. The largest absolute Gasteiger partial charge is 0.400 e. The first-order valence-corrected chi connectivity index (χ1v) is 4.45. The van der Waals surface area contributed by atoms with Crippen molar-refractivity contribution in [2.24, 2.45) is 5.73 Å². The van der Waals surface area contributed by atoms with Gasteiger partial charge in [-0.3, -0.25) is 0 Å². The van der Waals surface area contributed by atoms with Crippen molar-refractivity contribution in [3.8, 4) is 0 Å². The van der Waals surface area contributed by atoms with Gasteiger partial charge in [-0.25, -0.2) is 0 Å². The molecule has 1 unspecified atom stereocenters. The fourth-order valence-electron chi connectivity index (χ4n) is 0.694. The first kappa shape index (κ1) is 11.1. The van der Waals surface area contributed by atoms with Gasteiger partial charge in [0.25, 0.3) is 0 Å². The number of nitrogens with two attached hydrogens (primary N) is 1. The first-order valence-electron chi connectivity index (χ1n) is 3.40. The lowest BCUT2D eigenvalue weighted by molar-refractivity contribution is -0.129. The SMILES string of the molecule is CCSC(CCN)C(F)(F)F. The highest BCUT2D eigenvalue weighted by Crippen LogP contribution is 2.31. The second-order valence-electron chi connectivity index (χ2n) is 2.06. The second-order valence-corrected chi connectivity index (χ2v) is 3.54. The van der Waals surface area contributed by atoms with E-state index in [0.29, 0.717) is 5.75 Å². The summed E-state index contributed by atoms with van der Waals surface area (Å²) in [5.74, 6) is 0.476. The average molecular weight is 187 g/mol. The quantitative estimate of drug-likeness (QED) is 0.728. The molecule has 0 bridgehead atoms. The third kappa shape index (κ3) is 4.53. The van der Waals surface area contributed by atoms with Gasteiger partial charge in [0.05, 0.1) is 0 Å². The van der Waals surface area contributed by atoms with Gasteiger partial charge in [-0.05, 0) is 18.7 Å². The summed E-state index contributed by atoms with van der Waals surface area (Å²) in [7, 11) is 0. The molecule has 0 rings (SSSR count). The third-order valence-electron chi connectivity index (χ3n) is 1.16. The molecule has 0 amide bonds. The molecule has 0 fully saturated rings. The predicted octanol–water partition coefficient (Wildman–Crippen LogP) is 2.02. The van der Waals surface area contributed by atoms with E-state index in [1.165, 1.54) is 0 Å². The Morgan fingerprint density at radius 3 is 2.27 bits per heavy atom. The van der Waals surface area contributed by atoms with Gasteiger partial charge < -0.3 is 5.73 Å². The molecule has 0 saturated carbocycles. The van der Waals surface area contributed by atoms with Gasteiger partial charge in [0.1, 0.15) is 5.25 Å². The Morgan fingerprint density at radius 1 is 1.45 bits per heavy atom. The summed E-state index contributed by atoms with van der Waals surface area (Å²) in [6.45, 7) is 1.80. The van der Waals surface area contributed by atoms with Crippen molar-refractivity contribution in [1.29, 1.82) is 0 Å². The van der Waals surface area contributed by atoms with Crippen LogP contribution in [0.2, 0.25) is 0 Å². The summed E-state index contributed by atoms with van der Waals surface area (Å²) >= 11 is 0.903. The molecule has 2 N–H and O–H groups in total. The normalized spacial score (nSPS) is 15.0. The standard InChI is InChI=1S/C6H12F3NS/c1-2-11-5(3-4-10)6(7,8)9/h5H,2-4,10H2,1H3. The Hall–Kier alpha value is 0.100. The van der Waals surface area contributed by atoms with Crippen molar-refractivity contribution in [3.05, 3.63) is 0 Å². The van der Waals surface area contributed by atoms with Crippen LogP contribution in [0.4, 0.5) is 13.2 Å². The van der Waals surface area contributed by atoms with Crippen LogP contribution >= 0.6 is 11.8 Å². The lowest BCUT2D eigenvalue weighted by Gasteiger charge is -2.17. The van der Waals surface area contributed by atoms with Crippen molar-refractivity contribution >= 4 is 11.8 Å². The van der Waals surface area contributed by atoms with Gasteiger partial charge in [0.15, 0.2) is 0 Å². The summed E-state index contributed by atoms with van der Waals surface area (Å²) in [5, 5.41) is -1.28. The van der Waals surface area contributed by atoms with Crippen molar-refractivity contribution in [2.45, 2.75) is 24.8 Å². The number of hydrogen-bond acceptors (Lipinski definition) is 2. The smallest absolute Gasteiger partial charge is 0.330 e. The van der Waals surface area contributed by atoms with E-state index in [2.05, 4.69) is 0 Å². The highest BCUT2D eigenvalue weighted by molar-refractivity contribution is 7.99. The molecule has 0 aliphatic carbocycles. The van der Waals surface area contributed by atoms with Crippen LogP contribution in [0.5, 0.6) is 0 Å². The maximum atomic E-state index is 12.0. The molecule has 0 heterocycles. The summed E-state index contributed by atoms with van der Waals surface area (Å²) < 4.78 is 36.1. The van der Waals surface area contributed by atoms with Crippen molar-refractivity contribution in [2.75, 3.05) is 12.3 Å². The highest BCUT2D eigenvalue weighted by atomic mass is 32.2. The molecule has 0 spiro atoms. The van der Waals surface area contributed by atoms with E-state index in [9.17, 15) is 13.2 Å². The van der Waals surface area contributed by atoms with Crippen molar-refractivity contribution in [1.82, 2.24) is 0 Å². The van der Waals surface area contributed by atoms with Crippen LogP contribution in [0.1, 0.15) is 13.3 Å². The fraction of sp³-hybridized carbons (Fsp3) is 1.00. The van der Waals surface area contributed by atoms with Gasteiger partial charge in [-0.2, -0.15) is 13.2 Å². The molecule has 0 aromatic rings. The molecular weight excluding hydrogens is 175 g/mol. The molecule has 1 atom stereocenters. The van der Waals surface area contributed by atoms with E-state index >= 15 is 0 Å². The summed E-state index contributed by atoms with van der Waals surface area (Å²) in [5.41, 5.74) is 5.04. The zero-order chi connectivity index (χ0) is 8.91. The van der Waals surface area contributed by atoms with Gasteiger partial charge in [-0.15, -0.1) is 11.8 Å². The minimum Gasteiger partial charge on any atom is -0.330 e. The van der Waals surface area contributed by atoms with Crippen LogP contribution in [0.15, 0.2) is 0 Å². The van der Waals surface area contributed by atoms with E-state index in [0.717, 1.165) is 11.8 Å². The van der Waals surface area contributed by atoms with E-state index in [1.54, 1.807) is 6.92 Å². The van der Waals surface area contributed by atoms with Gasteiger partial charge >= 0.3 is 6.18 Å². The molecule has 0 saturated heterocycles.